The summed E-state index contributed by atoms with van der Waals surface area (Å²) in [5.41, 5.74) is 0.366. The second-order valence-electron chi connectivity index (χ2n) is 4.34. The van der Waals surface area contributed by atoms with Gasteiger partial charge < -0.3 is 15.0 Å². The van der Waals surface area contributed by atoms with E-state index >= 15 is 0 Å². The number of nitrogens with zero attached hydrogens (tertiary/aromatic N) is 1. The van der Waals surface area contributed by atoms with Gasteiger partial charge in [-0.05, 0) is 26.3 Å². The quantitative estimate of drug-likeness (QED) is 0.678. The molecule has 0 bridgehead atoms. The van der Waals surface area contributed by atoms with Crippen LogP contribution >= 0.6 is 0 Å². The average Bonchev–Trinajstić information content (AvgIpc) is 2.16. The molecule has 0 aromatic carbocycles. The van der Waals surface area contributed by atoms with Crippen molar-refractivity contribution in [3.63, 3.8) is 0 Å². The van der Waals surface area contributed by atoms with Crippen LogP contribution in [0.15, 0.2) is 0 Å². The van der Waals surface area contributed by atoms with Crippen molar-refractivity contribution in [2.24, 2.45) is 5.41 Å². The SMILES string of the molecule is CCOC(=O)N1CC2(CCCNC2)C1. The van der Waals surface area contributed by atoms with Crippen molar-refractivity contribution in [2.45, 2.75) is 19.8 Å². The molecule has 2 heterocycles. The molecule has 2 aliphatic rings. The maximum atomic E-state index is 11.3. The molecule has 0 unspecified atom stereocenters. The zero-order valence-electron chi connectivity index (χ0n) is 8.71. The van der Waals surface area contributed by atoms with Gasteiger partial charge in [-0.15, -0.1) is 0 Å². The Kier molecular flexibility index (Phi) is 2.63. The molecule has 0 aromatic heterocycles. The van der Waals surface area contributed by atoms with Crippen LogP contribution in [0.2, 0.25) is 0 Å². The van der Waals surface area contributed by atoms with Gasteiger partial charge >= 0.3 is 6.09 Å². The Bertz CT molecular complexity index is 216. The van der Waals surface area contributed by atoms with E-state index in [9.17, 15) is 4.79 Å². The molecule has 0 aliphatic carbocycles. The standard InChI is InChI=1S/C10H18N2O2/c1-2-14-9(13)12-7-10(8-12)4-3-5-11-6-10/h11H,2-8H2,1H3. The predicted octanol–water partition coefficient (Wildman–Crippen LogP) is 0.828. The van der Waals surface area contributed by atoms with Crippen molar-refractivity contribution in [2.75, 3.05) is 32.8 Å². The lowest BCUT2D eigenvalue weighted by Gasteiger charge is -2.51. The number of ether oxygens (including phenoxy) is 1. The van der Waals surface area contributed by atoms with Gasteiger partial charge in [0, 0.05) is 25.0 Å². The van der Waals surface area contributed by atoms with Crippen LogP contribution in [0.5, 0.6) is 0 Å². The molecule has 0 saturated carbocycles. The minimum absolute atomic E-state index is 0.149. The van der Waals surface area contributed by atoms with Crippen molar-refractivity contribution in [3.8, 4) is 0 Å². The molecule has 1 spiro atoms. The largest absolute Gasteiger partial charge is 0.450 e. The molecule has 4 nitrogen and oxygen atoms in total. The van der Waals surface area contributed by atoms with Crippen LogP contribution in [0.4, 0.5) is 4.79 Å². The average molecular weight is 198 g/mol. The smallest absolute Gasteiger partial charge is 0.409 e. The summed E-state index contributed by atoms with van der Waals surface area (Å²) in [7, 11) is 0. The van der Waals surface area contributed by atoms with Gasteiger partial charge in [0.1, 0.15) is 0 Å². The summed E-state index contributed by atoms with van der Waals surface area (Å²) < 4.78 is 4.95. The number of hydrogen-bond acceptors (Lipinski definition) is 3. The summed E-state index contributed by atoms with van der Waals surface area (Å²) in [5.74, 6) is 0. The first-order valence-corrected chi connectivity index (χ1v) is 5.38. The number of rotatable bonds is 1. The molecule has 2 fully saturated rings. The molecule has 0 atom stereocenters. The van der Waals surface area contributed by atoms with E-state index in [-0.39, 0.29) is 6.09 Å². The van der Waals surface area contributed by atoms with Crippen LogP contribution in [0.3, 0.4) is 0 Å². The lowest BCUT2D eigenvalue weighted by Crippen LogP contribution is -2.63. The lowest BCUT2D eigenvalue weighted by molar-refractivity contribution is -0.0158. The van der Waals surface area contributed by atoms with E-state index in [0.29, 0.717) is 12.0 Å². The number of hydrogen-bond donors (Lipinski definition) is 1. The van der Waals surface area contributed by atoms with Gasteiger partial charge in [0.15, 0.2) is 0 Å². The zero-order valence-corrected chi connectivity index (χ0v) is 8.71. The van der Waals surface area contributed by atoms with Crippen LogP contribution in [0, 0.1) is 5.41 Å². The fourth-order valence-corrected chi connectivity index (χ4v) is 2.41. The first kappa shape index (κ1) is 9.77. The van der Waals surface area contributed by atoms with E-state index in [1.807, 2.05) is 6.92 Å². The summed E-state index contributed by atoms with van der Waals surface area (Å²) >= 11 is 0. The Hall–Kier alpha value is -0.770. The summed E-state index contributed by atoms with van der Waals surface area (Å²) in [4.78, 5) is 13.1. The van der Waals surface area contributed by atoms with E-state index < -0.39 is 0 Å². The van der Waals surface area contributed by atoms with Gasteiger partial charge in [0.05, 0.1) is 6.61 Å². The van der Waals surface area contributed by atoms with E-state index in [1.165, 1.54) is 12.8 Å². The molecular weight excluding hydrogens is 180 g/mol. The molecule has 14 heavy (non-hydrogen) atoms. The molecule has 0 radical (unpaired) electrons. The van der Waals surface area contributed by atoms with Crippen molar-refractivity contribution in [3.05, 3.63) is 0 Å². The normalized spacial score (nSPS) is 24.5. The van der Waals surface area contributed by atoms with E-state index in [4.69, 9.17) is 4.74 Å². The van der Waals surface area contributed by atoms with Crippen molar-refractivity contribution in [1.82, 2.24) is 10.2 Å². The number of carbonyl (C=O) groups is 1. The molecule has 1 amide bonds. The van der Waals surface area contributed by atoms with Gasteiger partial charge in [-0.1, -0.05) is 0 Å². The molecule has 1 N–H and O–H groups in total. The molecule has 80 valence electrons. The third-order valence-corrected chi connectivity index (χ3v) is 3.14. The van der Waals surface area contributed by atoms with E-state index in [2.05, 4.69) is 5.32 Å². The number of likely N-dealkylation sites (tertiary alicyclic amines) is 1. The number of amides is 1. The molecule has 2 rings (SSSR count). The van der Waals surface area contributed by atoms with Crippen LogP contribution in [0.25, 0.3) is 0 Å². The lowest BCUT2D eigenvalue weighted by atomic mass is 9.74. The Balaban J connectivity index is 1.79. The minimum atomic E-state index is -0.149. The highest BCUT2D eigenvalue weighted by Gasteiger charge is 2.46. The van der Waals surface area contributed by atoms with Gasteiger partial charge in [-0.2, -0.15) is 0 Å². The van der Waals surface area contributed by atoms with Crippen molar-refractivity contribution >= 4 is 6.09 Å². The molecular formula is C10H18N2O2. The summed E-state index contributed by atoms with van der Waals surface area (Å²) in [6, 6.07) is 0. The second kappa shape index (κ2) is 3.77. The molecule has 0 aromatic rings. The van der Waals surface area contributed by atoms with Gasteiger partial charge in [0.25, 0.3) is 0 Å². The maximum absolute atomic E-state index is 11.3. The second-order valence-corrected chi connectivity index (χ2v) is 4.34. The molecule has 4 heteroatoms. The van der Waals surface area contributed by atoms with Crippen LogP contribution < -0.4 is 5.32 Å². The highest BCUT2D eigenvalue weighted by Crippen LogP contribution is 2.36. The fraction of sp³-hybridized carbons (Fsp3) is 0.900. The van der Waals surface area contributed by atoms with Gasteiger partial charge in [-0.3, -0.25) is 0 Å². The monoisotopic (exact) mass is 198 g/mol. The number of carbonyl (C=O) groups excluding carboxylic acids is 1. The van der Waals surface area contributed by atoms with Crippen LogP contribution in [-0.4, -0.2) is 43.8 Å². The Morgan fingerprint density at radius 1 is 1.57 bits per heavy atom. The summed E-state index contributed by atoms with van der Waals surface area (Å²) in [6.07, 6.45) is 2.33. The Labute approximate surface area is 84.6 Å². The first-order chi connectivity index (χ1) is 6.76. The molecule has 2 saturated heterocycles. The highest BCUT2D eigenvalue weighted by atomic mass is 16.6. The van der Waals surface area contributed by atoms with Crippen molar-refractivity contribution in [1.29, 1.82) is 0 Å². The zero-order chi connectivity index (χ0) is 10.0. The van der Waals surface area contributed by atoms with Crippen LogP contribution in [-0.2, 0) is 4.74 Å². The topological polar surface area (TPSA) is 41.6 Å². The first-order valence-electron chi connectivity index (χ1n) is 5.38. The third-order valence-electron chi connectivity index (χ3n) is 3.14. The third kappa shape index (κ3) is 1.71. The Morgan fingerprint density at radius 3 is 2.93 bits per heavy atom. The fourth-order valence-electron chi connectivity index (χ4n) is 2.41. The number of nitrogens with one attached hydrogen (secondary N) is 1. The Morgan fingerprint density at radius 2 is 2.36 bits per heavy atom. The molecule has 2 aliphatic heterocycles. The summed E-state index contributed by atoms with van der Waals surface area (Å²) in [6.45, 7) is 6.25. The van der Waals surface area contributed by atoms with Gasteiger partial charge in [0.2, 0.25) is 0 Å². The van der Waals surface area contributed by atoms with E-state index in [1.54, 1.807) is 4.90 Å². The van der Waals surface area contributed by atoms with E-state index in [0.717, 1.165) is 26.2 Å². The van der Waals surface area contributed by atoms with Crippen molar-refractivity contribution < 1.29 is 9.53 Å². The van der Waals surface area contributed by atoms with Crippen LogP contribution in [0.1, 0.15) is 19.8 Å². The highest BCUT2D eigenvalue weighted by molar-refractivity contribution is 5.69. The maximum Gasteiger partial charge on any atom is 0.409 e. The minimum Gasteiger partial charge on any atom is -0.450 e. The predicted molar refractivity (Wildman–Crippen MR) is 53.1 cm³/mol. The summed E-state index contributed by atoms with van der Waals surface area (Å²) in [5, 5.41) is 3.39. The van der Waals surface area contributed by atoms with Gasteiger partial charge in [-0.25, -0.2) is 4.79 Å². The number of piperidine rings is 1.